The lowest BCUT2D eigenvalue weighted by Crippen LogP contribution is -2.04. The van der Waals surface area contributed by atoms with Crippen LogP contribution in [0.15, 0.2) is 36.9 Å². The number of aromatic nitrogens is 4. The summed E-state index contributed by atoms with van der Waals surface area (Å²) in [6, 6.07) is 5.85. The highest BCUT2D eigenvalue weighted by Gasteiger charge is 2.03. The van der Waals surface area contributed by atoms with Gasteiger partial charge in [0, 0.05) is 47.5 Å². The van der Waals surface area contributed by atoms with Crippen LogP contribution in [0.2, 0.25) is 0 Å². The second kappa shape index (κ2) is 5.56. The number of pyridine rings is 1. The minimum absolute atomic E-state index is 0.773. The van der Waals surface area contributed by atoms with Gasteiger partial charge in [0.2, 0.25) is 0 Å². The van der Waals surface area contributed by atoms with Crippen LogP contribution in [0.3, 0.4) is 0 Å². The van der Waals surface area contributed by atoms with Crippen molar-refractivity contribution >= 4 is 22.1 Å². The summed E-state index contributed by atoms with van der Waals surface area (Å²) >= 11 is 0. The molecule has 0 saturated carbocycles. The summed E-state index contributed by atoms with van der Waals surface area (Å²) in [7, 11) is 0. The maximum absolute atomic E-state index is 5.97. The summed E-state index contributed by atoms with van der Waals surface area (Å²) in [4.78, 5) is 8.27. The summed E-state index contributed by atoms with van der Waals surface area (Å²) < 4.78 is 0. The third-order valence-electron chi connectivity index (χ3n) is 3.22. The molecule has 0 aliphatic carbocycles. The number of anilines is 2. The summed E-state index contributed by atoms with van der Waals surface area (Å²) in [5.74, 6) is 0.913. The van der Waals surface area contributed by atoms with E-state index in [1.165, 1.54) is 6.33 Å². The average molecular weight is 268 g/mol. The first-order chi connectivity index (χ1) is 9.84. The highest BCUT2D eigenvalue weighted by molar-refractivity contribution is 6.00. The lowest BCUT2D eigenvalue weighted by atomic mass is 10.1. The molecule has 2 aromatic heterocycles. The minimum atomic E-state index is 0.773. The average Bonchev–Trinajstić information content (AvgIpc) is 2.99. The minimum Gasteiger partial charge on any atom is -0.398 e. The smallest absolute Gasteiger partial charge is 0.137 e. The number of benzene rings is 1. The van der Waals surface area contributed by atoms with E-state index in [4.69, 9.17) is 5.73 Å². The molecule has 102 valence electrons. The van der Waals surface area contributed by atoms with Crippen molar-refractivity contribution in [1.29, 1.82) is 0 Å². The number of hydrogen-bond donors (Lipinski definition) is 3. The van der Waals surface area contributed by atoms with Gasteiger partial charge in [0.1, 0.15) is 12.2 Å². The number of fused-ring (bicyclic) bond motifs is 1. The van der Waals surface area contributed by atoms with E-state index in [0.29, 0.717) is 0 Å². The first-order valence-corrected chi connectivity index (χ1v) is 6.55. The number of rotatable bonds is 5. The molecule has 0 fully saturated rings. The molecule has 0 aliphatic heterocycles. The molecular formula is C14H16N6. The number of nitrogen functional groups attached to an aromatic ring is 1. The molecule has 3 rings (SSSR count). The van der Waals surface area contributed by atoms with E-state index in [0.717, 1.165) is 47.4 Å². The number of aryl methyl sites for hydroxylation is 1. The molecule has 0 atom stereocenters. The topological polar surface area (TPSA) is 92.5 Å². The maximum atomic E-state index is 5.97. The van der Waals surface area contributed by atoms with Crippen molar-refractivity contribution in [3.05, 3.63) is 42.7 Å². The van der Waals surface area contributed by atoms with Crippen molar-refractivity contribution in [2.45, 2.75) is 12.8 Å². The Kier molecular flexibility index (Phi) is 3.45. The van der Waals surface area contributed by atoms with Crippen LogP contribution >= 0.6 is 0 Å². The van der Waals surface area contributed by atoms with Crippen LogP contribution in [0, 0.1) is 0 Å². The van der Waals surface area contributed by atoms with E-state index in [-0.39, 0.29) is 0 Å². The summed E-state index contributed by atoms with van der Waals surface area (Å²) in [5.41, 5.74) is 7.80. The Balaban J connectivity index is 1.67. The highest BCUT2D eigenvalue weighted by Crippen LogP contribution is 2.27. The van der Waals surface area contributed by atoms with Crippen molar-refractivity contribution < 1.29 is 0 Å². The van der Waals surface area contributed by atoms with E-state index in [1.54, 1.807) is 6.20 Å². The van der Waals surface area contributed by atoms with Crippen molar-refractivity contribution in [3.8, 4) is 0 Å². The lowest BCUT2D eigenvalue weighted by Gasteiger charge is -2.10. The molecular weight excluding hydrogens is 252 g/mol. The first-order valence-electron chi connectivity index (χ1n) is 6.55. The number of nitrogens with zero attached hydrogens (tertiary/aromatic N) is 3. The SMILES string of the molecule is Nc1ccc(NCCCc2ncn[nH]2)c2cnccc12. The van der Waals surface area contributed by atoms with Gasteiger partial charge in [0.05, 0.1) is 0 Å². The third kappa shape index (κ3) is 2.54. The van der Waals surface area contributed by atoms with E-state index in [2.05, 4.69) is 25.5 Å². The van der Waals surface area contributed by atoms with Gasteiger partial charge in [-0.25, -0.2) is 4.98 Å². The zero-order valence-electron chi connectivity index (χ0n) is 11.0. The van der Waals surface area contributed by atoms with Gasteiger partial charge >= 0.3 is 0 Å². The fourth-order valence-corrected chi connectivity index (χ4v) is 2.20. The van der Waals surface area contributed by atoms with Gasteiger partial charge in [0.25, 0.3) is 0 Å². The monoisotopic (exact) mass is 268 g/mol. The van der Waals surface area contributed by atoms with Crippen LogP contribution in [-0.2, 0) is 6.42 Å². The van der Waals surface area contributed by atoms with Crippen LogP contribution in [0.5, 0.6) is 0 Å². The quantitative estimate of drug-likeness (QED) is 0.486. The van der Waals surface area contributed by atoms with Gasteiger partial charge in [0.15, 0.2) is 0 Å². The number of H-pyrrole nitrogens is 1. The van der Waals surface area contributed by atoms with Gasteiger partial charge < -0.3 is 11.1 Å². The van der Waals surface area contributed by atoms with E-state index < -0.39 is 0 Å². The number of aromatic amines is 1. The molecule has 6 nitrogen and oxygen atoms in total. The molecule has 4 N–H and O–H groups in total. The lowest BCUT2D eigenvalue weighted by molar-refractivity contribution is 0.806. The Hall–Kier alpha value is -2.63. The molecule has 0 bridgehead atoms. The largest absolute Gasteiger partial charge is 0.398 e. The predicted octanol–water partition coefficient (Wildman–Crippen LogP) is 1.98. The molecule has 3 aromatic rings. The number of hydrogen-bond acceptors (Lipinski definition) is 5. The Morgan fingerprint density at radius 2 is 2.15 bits per heavy atom. The van der Waals surface area contributed by atoms with Crippen molar-refractivity contribution in [2.75, 3.05) is 17.6 Å². The predicted molar refractivity (Wildman–Crippen MR) is 79.3 cm³/mol. The standard InChI is InChI=1S/C14H16N6/c15-12-3-4-13(11-8-16-7-5-10(11)12)17-6-1-2-14-18-9-19-20-14/h3-5,7-9,17H,1-2,6,15H2,(H,18,19,20). The van der Waals surface area contributed by atoms with E-state index >= 15 is 0 Å². The Morgan fingerprint density at radius 3 is 3.00 bits per heavy atom. The summed E-state index contributed by atoms with van der Waals surface area (Å²) in [6.07, 6.45) is 6.97. The second-order valence-electron chi connectivity index (χ2n) is 4.59. The van der Waals surface area contributed by atoms with Crippen LogP contribution in [0.4, 0.5) is 11.4 Å². The van der Waals surface area contributed by atoms with Gasteiger partial charge in [-0.15, -0.1) is 0 Å². The van der Waals surface area contributed by atoms with Crippen molar-refractivity contribution in [1.82, 2.24) is 20.2 Å². The van der Waals surface area contributed by atoms with Crippen molar-refractivity contribution in [2.24, 2.45) is 0 Å². The molecule has 0 amide bonds. The van der Waals surface area contributed by atoms with Crippen LogP contribution in [0.25, 0.3) is 10.8 Å². The molecule has 0 saturated heterocycles. The second-order valence-corrected chi connectivity index (χ2v) is 4.59. The highest BCUT2D eigenvalue weighted by atomic mass is 15.2. The molecule has 6 heteroatoms. The number of nitrogens with one attached hydrogen (secondary N) is 2. The molecule has 20 heavy (non-hydrogen) atoms. The zero-order valence-corrected chi connectivity index (χ0v) is 11.0. The Labute approximate surface area is 116 Å². The third-order valence-corrected chi connectivity index (χ3v) is 3.22. The van der Waals surface area contributed by atoms with E-state index in [9.17, 15) is 0 Å². The molecule has 0 radical (unpaired) electrons. The van der Waals surface area contributed by atoms with Crippen LogP contribution in [0.1, 0.15) is 12.2 Å². The molecule has 0 unspecified atom stereocenters. The summed E-state index contributed by atoms with van der Waals surface area (Å²) in [5, 5.41) is 12.2. The fraction of sp³-hybridized carbons (Fsp3) is 0.214. The molecule has 2 heterocycles. The van der Waals surface area contributed by atoms with Crippen LogP contribution < -0.4 is 11.1 Å². The molecule has 0 aliphatic rings. The number of nitrogens with two attached hydrogens (primary N) is 1. The normalized spacial score (nSPS) is 10.8. The Bertz CT molecular complexity index is 692. The Morgan fingerprint density at radius 1 is 1.20 bits per heavy atom. The zero-order chi connectivity index (χ0) is 13.8. The van der Waals surface area contributed by atoms with Gasteiger partial charge in [-0.2, -0.15) is 5.10 Å². The fourth-order valence-electron chi connectivity index (χ4n) is 2.20. The van der Waals surface area contributed by atoms with Gasteiger partial charge in [-0.1, -0.05) is 0 Å². The molecule has 1 aromatic carbocycles. The maximum Gasteiger partial charge on any atom is 0.137 e. The van der Waals surface area contributed by atoms with Crippen molar-refractivity contribution in [3.63, 3.8) is 0 Å². The van der Waals surface area contributed by atoms with Crippen LogP contribution in [-0.4, -0.2) is 26.7 Å². The first kappa shape index (κ1) is 12.4. The summed E-state index contributed by atoms with van der Waals surface area (Å²) in [6.45, 7) is 0.856. The van der Waals surface area contributed by atoms with E-state index in [1.807, 2.05) is 24.4 Å². The van der Waals surface area contributed by atoms with Gasteiger partial charge in [-0.05, 0) is 24.6 Å². The van der Waals surface area contributed by atoms with Gasteiger partial charge in [-0.3, -0.25) is 10.1 Å². The molecule has 0 spiro atoms.